The molecule has 27 heavy (non-hydrogen) atoms. The molecule has 144 valence electrons. The van der Waals surface area contributed by atoms with Gasteiger partial charge in [0.2, 0.25) is 5.91 Å². The number of ether oxygens (including phenoxy) is 1. The molecular weight excluding hydrogens is 365 g/mol. The molecular formula is C17H17F3N4O3. The van der Waals surface area contributed by atoms with Crippen LogP contribution in [0.5, 0.6) is 0 Å². The fraction of sp³-hybridized carbons (Fsp3) is 0.353. The Bertz CT molecular complexity index is 823. The molecule has 0 atom stereocenters. The highest BCUT2D eigenvalue weighted by molar-refractivity contribution is 5.77. The number of carbonyl (C=O) groups excluding carboxylic acids is 1. The van der Waals surface area contributed by atoms with Gasteiger partial charge in [0.1, 0.15) is 5.82 Å². The molecule has 1 amide bonds. The number of anilines is 1. The van der Waals surface area contributed by atoms with Crippen molar-refractivity contribution in [3.8, 4) is 11.4 Å². The second kappa shape index (κ2) is 7.89. The van der Waals surface area contributed by atoms with E-state index < -0.39 is 17.6 Å². The Balaban J connectivity index is 2.02. The Morgan fingerprint density at radius 3 is 2.63 bits per heavy atom. The number of nitrogens with zero attached hydrogens (tertiary/aromatic N) is 3. The first-order valence-corrected chi connectivity index (χ1v) is 8.18. The lowest BCUT2D eigenvalue weighted by Gasteiger charge is -2.28. The summed E-state index contributed by atoms with van der Waals surface area (Å²) in [5, 5.41) is 8.73. The predicted molar refractivity (Wildman–Crippen MR) is 89.1 cm³/mol. The normalized spacial score (nSPS) is 14.9. The minimum atomic E-state index is -4.49. The Labute approximate surface area is 152 Å². The average Bonchev–Trinajstić information content (AvgIpc) is 2.68. The minimum Gasteiger partial charge on any atom is -0.378 e. The molecule has 1 fully saturated rings. The van der Waals surface area contributed by atoms with Gasteiger partial charge in [0.05, 0.1) is 30.9 Å². The Kier molecular flexibility index (Phi) is 5.57. The highest BCUT2D eigenvalue weighted by atomic mass is 19.4. The van der Waals surface area contributed by atoms with Crippen LogP contribution < -0.4 is 10.4 Å². The van der Waals surface area contributed by atoms with E-state index in [4.69, 9.17) is 9.94 Å². The second-order valence-electron chi connectivity index (χ2n) is 5.93. The van der Waals surface area contributed by atoms with E-state index in [9.17, 15) is 18.0 Å². The molecule has 0 radical (unpaired) electrons. The SMILES string of the molecule is O=C(Cc1cc(N2CCOCC2)nc(-c2cccc(C(F)(F)F)c2)n1)NO. The second-order valence-corrected chi connectivity index (χ2v) is 5.93. The summed E-state index contributed by atoms with van der Waals surface area (Å²) in [4.78, 5) is 22.0. The van der Waals surface area contributed by atoms with Gasteiger partial charge in [-0.2, -0.15) is 13.2 Å². The third-order valence-electron chi connectivity index (χ3n) is 4.02. The van der Waals surface area contributed by atoms with E-state index in [1.807, 2.05) is 4.90 Å². The van der Waals surface area contributed by atoms with Crippen molar-refractivity contribution in [1.29, 1.82) is 0 Å². The van der Waals surface area contributed by atoms with E-state index in [-0.39, 0.29) is 23.5 Å². The number of hydroxylamine groups is 1. The van der Waals surface area contributed by atoms with Gasteiger partial charge in [0.25, 0.3) is 0 Å². The van der Waals surface area contributed by atoms with E-state index in [1.165, 1.54) is 17.6 Å². The van der Waals surface area contributed by atoms with E-state index >= 15 is 0 Å². The summed E-state index contributed by atoms with van der Waals surface area (Å²) in [7, 11) is 0. The summed E-state index contributed by atoms with van der Waals surface area (Å²) in [5.41, 5.74) is 1.18. The molecule has 0 saturated carbocycles. The van der Waals surface area contributed by atoms with Gasteiger partial charge < -0.3 is 9.64 Å². The number of halogens is 3. The fourth-order valence-electron chi connectivity index (χ4n) is 2.70. The molecule has 1 aliphatic rings. The van der Waals surface area contributed by atoms with Crippen molar-refractivity contribution >= 4 is 11.7 Å². The van der Waals surface area contributed by atoms with Crippen LogP contribution in [0.15, 0.2) is 30.3 Å². The van der Waals surface area contributed by atoms with Gasteiger partial charge in [-0.25, -0.2) is 15.4 Å². The van der Waals surface area contributed by atoms with Crippen molar-refractivity contribution in [2.45, 2.75) is 12.6 Å². The van der Waals surface area contributed by atoms with Crippen molar-refractivity contribution in [1.82, 2.24) is 15.4 Å². The molecule has 1 aromatic carbocycles. The van der Waals surface area contributed by atoms with E-state index in [0.717, 1.165) is 12.1 Å². The molecule has 2 heterocycles. The highest BCUT2D eigenvalue weighted by Gasteiger charge is 2.30. The van der Waals surface area contributed by atoms with Gasteiger partial charge >= 0.3 is 6.18 Å². The highest BCUT2D eigenvalue weighted by Crippen LogP contribution is 2.32. The van der Waals surface area contributed by atoms with Crippen molar-refractivity contribution in [2.75, 3.05) is 31.2 Å². The molecule has 1 aromatic heterocycles. The lowest BCUT2D eigenvalue weighted by Crippen LogP contribution is -2.37. The van der Waals surface area contributed by atoms with Crippen LogP contribution in [0.25, 0.3) is 11.4 Å². The first kappa shape index (κ1) is 19.1. The lowest BCUT2D eigenvalue weighted by molar-refractivity contribution is -0.137. The van der Waals surface area contributed by atoms with Gasteiger partial charge in [-0.05, 0) is 12.1 Å². The Morgan fingerprint density at radius 2 is 1.96 bits per heavy atom. The summed E-state index contributed by atoms with van der Waals surface area (Å²) in [6.07, 6.45) is -4.72. The minimum absolute atomic E-state index is 0.0748. The van der Waals surface area contributed by atoms with Gasteiger partial charge in [-0.1, -0.05) is 12.1 Å². The van der Waals surface area contributed by atoms with Crippen LogP contribution >= 0.6 is 0 Å². The van der Waals surface area contributed by atoms with E-state index in [2.05, 4.69) is 9.97 Å². The summed E-state index contributed by atoms with van der Waals surface area (Å²) in [6.45, 7) is 2.11. The van der Waals surface area contributed by atoms with E-state index in [0.29, 0.717) is 32.1 Å². The number of aromatic nitrogens is 2. The van der Waals surface area contributed by atoms with Crippen LogP contribution in [-0.4, -0.2) is 47.4 Å². The summed E-state index contributed by atoms with van der Waals surface area (Å²) >= 11 is 0. The zero-order valence-corrected chi connectivity index (χ0v) is 14.2. The third-order valence-corrected chi connectivity index (χ3v) is 4.02. The zero-order valence-electron chi connectivity index (χ0n) is 14.2. The van der Waals surface area contributed by atoms with Crippen LogP contribution in [0.3, 0.4) is 0 Å². The fourth-order valence-corrected chi connectivity index (χ4v) is 2.70. The predicted octanol–water partition coefficient (Wildman–Crippen LogP) is 2.05. The zero-order chi connectivity index (χ0) is 19.4. The molecule has 10 heteroatoms. The number of hydrogen-bond donors (Lipinski definition) is 2. The smallest absolute Gasteiger partial charge is 0.378 e. The maximum atomic E-state index is 13.0. The maximum Gasteiger partial charge on any atom is 0.416 e. The first-order valence-electron chi connectivity index (χ1n) is 8.18. The summed E-state index contributed by atoms with van der Waals surface area (Å²) in [6, 6.07) is 6.27. The summed E-state index contributed by atoms with van der Waals surface area (Å²) in [5.74, 6) is -0.121. The number of rotatable bonds is 4. The van der Waals surface area contributed by atoms with Gasteiger partial charge in [0, 0.05) is 24.7 Å². The van der Waals surface area contributed by atoms with E-state index in [1.54, 1.807) is 6.07 Å². The monoisotopic (exact) mass is 382 g/mol. The number of carbonyl (C=O) groups is 1. The average molecular weight is 382 g/mol. The van der Waals surface area contributed by atoms with Crippen LogP contribution in [-0.2, 0) is 22.1 Å². The van der Waals surface area contributed by atoms with Gasteiger partial charge in [-0.3, -0.25) is 10.0 Å². The number of nitrogens with one attached hydrogen (secondary N) is 1. The van der Waals surface area contributed by atoms with Crippen molar-refractivity contribution in [2.24, 2.45) is 0 Å². The molecule has 1 saturated heterocycles. The van der Waals surface area contributed by atoms with Crippen molar-refractivity contribution in [3.63, 3.8) is 0 Å². The van der Waals surface area contributed by atoms with Crippen LogP contribution in [0.4, 0.5) is 19.0 Å². The molecule has 2 aromatic rings. The van der Waals surface area contributed by atoms with Crippen LogP contribution in [0.2, 0.25) is 0 Å². The first-order chi connectivity index (χ1) is 12.9. The molecule has 0 spiro atoms. The lowest BCUT2D eigenvalue weighted by atomic mass is 10.1. The standard InChI is InChI=1S/C17H17F3N4O3/c18-17(19,20)12-3-1-2-11(8-12)16-21-13(10-15(25)23-26)9-14(22-16)24-4-6-27-7-5-24/h1-3,8-9,26H,4-7,10H2,(H,23,25). The van der Waals surface area contributed by atoms with Gasteiger partial charge in [0.15, 0.2) is 5.82 Å². The maximum absolute atomic E-state index is 13.0. The number of hydrogen-bond acceptors (Lipinski definition) is 6. The molecule has 3 rings (SSSR count). The van der Waals surface area contributed by atoms with Gasteiger partial charge in [-0.15, -0.1) is 0 Å². The summed E-state index contributed by atoms with van der Waals surface area (Å²) < 4.78 is 44.3. The molecule has 0 aliphatic carbocycles. The molecule has 7 nitrogen and oxygen atoms in total. The molecule has 0 unspecified atom stereocenters. The van der Waals surface area contributed by atoms with Crippen LogP contribution in [0, 0.1) is 0 Å². The number of alkyl halides is 3. The Morgan fingerprint density at radius 1 is 1.22 bits per heavy atom. The number of amides is 1. The third kappa shape index (κ3) is 4.72. The molecule has 0 bridgehead atoms. The van der Waals surface area contributed by atoms with Crippen molar-refractivity contribution < 1.29 is 27.9 Å². The topological polar surface area (TPSA) is 87.6 Å². The van der Waals surface area contributed by atoms with Crippen LogP contribution in [0.1, 0.15) is 11.3 Å². The molecule has 1 aliphatic heterocycles. The number of benzene rings is 1. The number of morpholine rings is 1. The largest absolute Gasteiger partial charge is 0.416 e. The quantitative estimate of drug-likeness (QED) is 0.622. The van der Waals surface area contributed by atoms with Crippen molar-refractivity contribution in [3.05, 3.63) is 41.6 Å². The Hall–Kier alpha value is -2.72. The molecule has 2 N–H and O–H groups in total.